The number of rotatable bonds is 5. The number of nitrogens with two attached hydrogens (primary N) is 1. The van der Waals surface area contributed by atoms with Crippen molar-refractivity contribution in [2.75, 3.05) is 11.9 Å². The van der Waals surface area contributed by atoms with Gasteiger partial charge in [0.05, 0.1) is 11.7 Å². The second-order valence-electron chi connectivity index (χ2n) is 4.73. The quantitative estimate of drug-likeness (QED) is 0.917. The van der Waals surface area contributed by atoms with Crippen LogP contribution in [0.15, 0.2) is 24.3 Å². The number of benzene rings is 1. The largest absolute Gasteiger partial charge is 0.344 e. The topological polar surface area (TPSA) is 42.2 Å². The number of aryl methyl sites for hydroxylation is 1. The third-order valence-electron chi connectivity index (χ3n) is 3.53. The van der Waals surface area contributed by atoms with Crippen LogP contribution in [0.2, 0.25) is 0 Å². The van der Waals surface area contributed by atoms with Crippen molar-refractivity contribution >= 4 is 16.5 Å². The monoisotopic (exact) mass is 293 g/mol. The standard InChI is InChI=1S/C15H20FN3S/c1-4-13-14(9-17)20-15(18-13)19(3)10(2)11-7-5-6-8-12(11)16/h5-8,10H,4,9,17H2,1-3H3. The molecule has 108 valence electrons. The van der Waals surface area contributed by atoms with E-state index < -0.39 is 0 Å². The summed E-state index contributed by atoms with van der Waals surface area (Å²) in [6, 6.07) is 6.79. The van der Waals surface area contributed by atoms with Gasteiger partial charge in [0.15, 0.2) is 5.13 Å². The molecule has 3 nitrogen and oxygen atoms in total. The Labute approximate surface area is 123 Å². The van der Waals surface area contributed by atoms with Gasteiger partial charge in [-0.3, -0.25) is 0 Å². The van der Waals surface area contributed by atoms with Gasteiger partial charge in [-0.1, -0.05) is 25.1 Å². The second kappa shape index (κ2) is 6.33. The molecule has 1 aromatic carbocycles. The Morgan fingerprint density at radius 1 is 1.40 bits per heavy atom. The van der Waals surface area contributed by atoms with Crippen LogP contribution in [0, 0.1) is 5.82 Å². The lowest BCUT2D eigenvalue weighted by molar-refractivity contribution is 0.585. The Balaban J connectivity index is 2.29. The highest BCUT2D eigenvalue weighted by Gasteiger charge is 2.19. The fourth-order valence-electron chi connectivity index (χ4n) is 2.14. The van der Waals surface area contributed by atoms with Crippen molar-refractivity contribution in [2.45, 2.75) is 32.9 Å². The van der Waals surface area contributed by atoms with E-state index in [0.29, 0.717) is 12.1 Å². The molecule has 0 aliphatic rings. The van der Waals surface area contributed by atoms with Gasteiger partial charge in [-0.05, 0) is 19.4 Å². The molecule has 2 N–H and O–H groups in total. The zero-order chi connectivity index (χ0) is 14.7. The Hall–Kier alpha value is -1.46. The molecule has 20 heavy (non-hydrogen) atoms. The van der Waals surface area contributed by atoms with Crippen molar-refractivity contribution in [2.24, 2.45) is 5.73 Å². The SMILES string of the molecule is CCc1nc(N(C)C(C)c2ccccc2F)sc1CN. The molecular formula is C15H20FN3S. The summed E-state index contributed by atoms with van der Waals surface area (Å²) < 4.78 is 13.9. The van der Waals surface area contributed by atoms with Crippen molar-refractivity contribution in [3.63, 3.8) is 0 Å². The third-order valence-corrected chi connectivity index (χ3v) is 4.74. The van der Waals surface area contributed by atoms with Crippen LogP contribution in [0.25, 0.3) is 0 Å². The summed E-state index contributed by atoms with van der Waals surface area (Å²) in [5, 5.41) is 0.887. The first-order valence-electron chi connectivity index (χ1n) is 6.74. The molecule has 5 heteroatoms. The Morgan fingerprint density at radius 2 is 2.10 bits per heavy atom. The molecule has 0 amide bonds. The molecule has 0 saturated heterocycles. The van der Waals surface area contributed by atoms with Gasteiger partial charge in [-0.25, -0.2) is 9.37 Å². The summed E-state index contributed by atoms with van der Waals surface area (Å²) in [7, 11) is 1.94. The van der Waals surface area contributed by atoms with Crippen molar-refractivity contribution in [1.82, 2.24) is 4.98 Å². The molecule has 0 aliphatic carbocycles. The highest BCUT2D eigenvalue weighted by Crippen LogP contribution is 2.32. The van der Waals surface area contributed by atoms with Gasteiger partial charge in [-0.2, -0.15) is 0 Å². The predicted molar refractivity (Wildman–Crippen MR) is 82.6 cm³/mol. The van der Waals surface area contributed by atoms with Crippen LogP contribution in [0.1, 0.15) is 36.0 Å². The average Bonchev–Trinajstić information content (AvgIpc) is 2.89. The average molecular weight is 293 g/mol. The second-order valence-corrected chi connectivity index (χ2v) is 5.79. The van der Waals surface area contributed by atoms with Crippen LogP contribution in [0.3, 0.4) is 0 Å². The lowest BCUT2D eigenvalue weighted by atomic mass is 10.1. The van der Waals surface area contributed by atoms with E-state index in [9.17, 15) is 4.39 Å². The Morgan fingerprint density at radius 3 is 2.65 bits per heavy atom. The fourth-order valence-corrected chi connectivity index (χ4v) is 3.21. The van der Waals surface area contributed by atoms with Crippen LogP contribution in [0.5, 0.6) is 0 Å². The third kappa shape index (κ3) is 2.83. The molecule has 0 bridgehead atoms. The molecule has 0 saturated carbocycles. The lowest BCUT2D eigenvalue weighted by Gasteiger charge is -2.25. The number of aromatic nitrogens is 1. The first-order valence-corrected chi connectivity index (χ1v) is 7.56. The van der Waals surface area contributed by atoms with Crippen molar-refractivity contribution in [3.8, 4) is 0 Å². The summed E-state index contributed by atoms with van der Waals surface area (Å²) in [5.41, 5.74) is 7.46. The van der Waals surface area contributed by atoms with E-state index in [-0.39, 0.29) is 11.9 Å². The first-order chi connectivity index (χ1) is 9.58. The molecule has 1 aromatic heterocycles. The molecule has 0 aliphatic heterocycles. The molecule has 1 unspecified atom stereocenters. The van der Waals surface area contributed by atoms with Gasteiger partial charge in [0.1, 0.15) is 5.82 Å². The Kier molecular flexibility index (Phi) is 4.73. The van der Waals surface area contributed by atoms with E-state index in [1.54, 1.807) is 17.4 Å². The maximum Gasteiger partial charge on any atom is 0.186 e. The molecule has 1 heterocycles. The number of hydrogen-bond donors (Lipinski definition) is 1. The minimum atomic E-state index is -0.182. The molecule has 0 spiro atoms. The van der Waals surface area contributed by atoms with Gasteiger partial charge in [0.25, 0.3) is 0 Å². The van der Waals surface area contributed by atoms with Gasteiger partial charge < -0.3 is 10.6 Å². The Bertz CT molecular complexity index is 561. The number of halogens is 1. The summed E-state index contributed by atoms with van der Waals surface area (Å²) in [6.07, 6.45) is 0.866. The first kappa shape index (κ1) is 14.9. The van der Waals surface area contributed by atoms with Crippen LogP contribution in [-0.4, -0.2) is 12.0 Å². The fraction of sp³-hybridized carbons (Fsp3) is 0.400. The molecular weight excluding hydrogens is 273 g/mol. The molecule has 2 aromatic rings. The number of hydrogen-bond acceptors (Lipinski definition) is 4. The molecule has 2 rings (SSSR count). The number of anilines is 1. The molecule has 1 atom stereocenters. The van der Waals surface area contributed by atoms with Crippen LogP contribution >= 0.6 is 11.3 Å². The van der Waals surface area contributed by atoms with Gasteiger partial charge >= 0.3 is 0 Å². The summed E-state index contributed by atoms with van der Waals surface area (Å²) in [5.74, 6) is -0.182. The normalized spacial score (nSPS) is 12.4. The zero-order valence-electron chi connectivity index (χ0n) is 12.1. The van der Waals surface area contributed by atoms with Crippen molar-refractivity contribution < 1.29 is 4.39 Å². The minimum absolute atomic E-state index is 0.0716. The van der Waals surface area contributed by atoms with Gasteiger partial charge in [0, 0.05) is 24.0 Å². The highest BCUT2D eigenvalue weighted by molar-refractivity contribution is 7.15. The van der Waals surface area contributed by atoms with Crippen LogP contribution in [-0.2, 0) is 13.0 Å². The summed E-state index contributed by atoms with van der Waals surface area (Å²) in [6.45, 7) is 4.55. The minimum Gasteiger partial charge on any atom is -0.344 e. The van der Waals surface area contributed by atoms with E-state index in [1.807, 2.05) is 31.0 Å². The van der Waals surface area contributed by atoms with E-state index in [0.717, 1.165) is 22.1 Å². The lowest BCUT2D eigenvalue weighted by Crippen LogP contribution is -2.22. The van der Waals surface area contributed by atoms with E-state index in [1.165, 1.54) is 6.07 Å². The maximum atomic E-state index is 13.9. The molecule has 0 radical (unpaired) electrons. The zero-order valence-corrected chi connectivity index (χ0v) is 12.9. The van der Waals surface area contributed by atoms with Crippen LogP contribution in [0.4, 0.5) is 9.52 Å². The van der Waals surface area contributed by atoms with Gasteiger partial charge in [0.2, 0.25) is 0 Å². The van der Waals surface area contributed by atoms with Gasteiger partial charge in [-0.15, -0.1) is 11.3 Å². The van der Waals surface area contributed by atoms with Crippen LogP contribution < -0.4 is 10.6 Å². The van der Waals surface area contributed by atoms with E-state index in [4.69, 9.17) is 5.73 Å². The number of thiazole rings is 1. The number of nitrogens with zero attached hydrogens (tertiary/aromatic N) is 2. The smallest absolute Gasteiger partial charge is 0.186 e. The van der Waals surface area contributed by atoms with E-state index in [2.05, 4.69) is 11.9 Å². The maximum absolute atomic E-state index is 13.9. The summed E-state index contributed by atoms with van der Waals surface area (Å²) in [4.78, 5) is 7.73. The van der Waals surface area contributed by atoms with Crippen molar-refractivity contribution in [1.29, 1.82) is 0 Å². The summed E-state index contributed by atoms with van der Waals surface area (Å²) >= 11 is 1.59. The van der Waals surface area contributed by atoms with E-state index >= 15 is 0 Å². The van der Waals surface area contributed by atoms with Crippen molar-refractivity contribution in [3.05, 3.63) is 46.2 Å². The predicted octanol–water partition coefficient (Wildman–Crippen LogP) is 3.50. The highest BCUT2D eigenvalue weighted by atomic mass is 32.1. The molecule has 0 fully saturated rings.